The molecule has 9 N–H and O–H groups in total. The minimum absolute atomic E-state index is 0.265. The van der Waals surface area contributed by atoms with Crippen molar-refractivity contribution in [2.45, 2.75) is 75.9 Å². The monoisotopic (exact) mass is 782 g/mol. The average Bonchev–Trinajstić information content (AvgIpc) is 3.06. The van der Waals surface area contributed by atoms with Gasteiger partial charge in [0.15, 0.2) is 0 Å². The third-order valence-electron chi connectivity index (χ3n) is 6.40. The van der Waals surface area contributed by atoms with Gasteiger partial charge in [0.2, 0.25) is 0 Å². The Bertz CT molecular complexity index is 682. The van der Waals surface area contributed by atoms with Gasteiger partial charge in [-0.2, -0.15) is 16.4 Å². The molecule has 0 saturated heterocycles. The number of hydrogen-bond acceptors (Lipinski definition) is 16. The maximum atomic E-state index is 12.3. The van der Waals surface area contributed by atoms with Crippen molar-refractivity contribution in [1.29, 1.82) is 0 Å². The molecule has 16 nitrogen and oxygen atoms in total. The SMILES string of the molecule is O=C(ONCCN(CCNOC(=O)[C@H](CCCCNCl)NCl)CCNOC(=O)[C@H](CCCCNCl)NCl)[C@H](CCCCNCl)NCl. The summed E-state index contributed by atoms with van der Waals surface area (Å²) in [5, 5.41) is 0. The molecule has 0 aromatic rings. The van der Waals surface area contributed by atoms with Gasteiger partial charge in [0, 0.05) is 58.9 Å². The summed E-state index contributed by atoms with van der Waals surface area (Å²) in [5.41, 5.74) is 7.94. The molecule has 0 aliphatic carbocycles. The second-order valence-corrected chi connectivity index (χ2v) is 11.4. The van der Waals surface area contributed by atoms with Crippen molar-refractivity contribution in [3.8, 4) is 0 Å². The molecule has 0 aliphatic heterocycles. The Morgan fingerprint density at radius 2 is 0.739 bits per heavy atom. The van der Waals surface area contributed by atoms with Gasteiger partial charge in [-0.05, 0) is 128 Å². The van der Waals surface area contributed by atoms with Gasteiger partial charge in [0.1, 0.15) is 18.1 Å². The molecule has 22 heteroatoms. The van der Waals surface area contributed by atoms with Crippen LogP contribution in [-0.2, 0) is 28.9 Å². The molecule has 0 aromatic carbocycles. The fourth-order valence-corrected chi connectivity index (χ4v) is 4.79. The van der Waals surface area contributed by atoms with Crippen LogP contribution in [0.1, 0.15) is 57.8 Å². The molecular weight excluding hydrogens is 737 g/mol. The second kappa shape index (κ2) is 33.3. The Balaban J connectivity index is 4.77. The van der Waals surface area contributed by atoms with Crippen LogP contribution in [0.15, 0.2) is 0 Å². The summed E-state index contributed by atoms with van der Waals surface area (Å²) in [5.74, 6) is -1.65. The van der Waals surface area contributed by atoms with Gasteiger partial charge in [-0.25, -0.2) is 43.4 Å². The van der Waals surface area contributed by atoms with E-state index in [1.807, 2.05) is 4.90 Å². The van der Waals surface area contributed by atoms with E-state index in [4.69, 9.17) is 85.2 Å². The highest BCUT2D eigenvalue weighted by Crippen LogP contribution is 2.05. The predicted molar refractivity (Wildman–Crippen MR) is 180 cm³/mol. The van der Waals surface area contributed by atoms with Crippen molar-refractivity contribution in [1.82, 2.24) is 50.4 Å². The van der Waals surface area contributed by atoms with Crippen LogP contribution in [0.2, 0.25) is 0 Å². The van der Waals surface area contributed by atoms with Crippen LogP contribution in [-0.4, -0.2) is 99.8 Å². The zero-order valence-corrected chi connectivity index (χ0v) is 30.2. The number of unbranched alkanes of at least 4 members (excludes halogenated alkanes) is 3. The molecule has 0 radical (unpaired) electrons. The highest BCUT2D eigenvalue weighted by Gasteiger charge is 2.21. The molecule has 0 rings (SSSR count). The molecule has 0 saturated carbocycles. The van der Waals surface area contributed by atoms with Crippen LogP contribution in [0.3, 0.4) is 0 Å². The van der Waals surface area contributed by atoms with E-state index in [-0.39, 0.29) is 19.6 Å². The maximum Gasteiger partial charge on any atom is 0.343 e. The number of hydrogen-bond donors (Lipinski definition) is 9. The molecule has 0 bridgehead atoms. The Hall–Kier alpha value is -0.250. The molecule has 0 unspecified atom stereocenters. The molecule has 3 atom stereocenters. The largest absolute Gasteiger partial charge is 0.369 e. The van der Waals surface area contributed by atoms with Gasteiger partial charge in [-0.1, -0.05) is 0 Å². The lowest BCUT2D eigenvalue weighted by atomic mass is 10.1. The Labute approximate surface area is 301 Å². The molecule has 0 fully saturated rings. The highest BCUT2D eigenvalue weighted by molar-refractivity contribution is 6.15. The van der Waals surface area contributed by atoms with E-state index < -0.39 is 36.0 Å². The third kappa shape index (κ3) is 24.8. The van der Waals surface area contributed by atoms with Crippen LogP contribution in [0.25, 0.3) is 0 Å². The first kappa shape index (κ1) is 45.8. The van der Waals surface area contributed by atoms with Crippen molar-refractivity contribution in [2.24, 2.45) is 0 Å². The van der Waals surface area contributed by atoms with Gasteiger partial charge in [-0.3, -0.25) is 4.90 Å². The lowest BCUT2D eigenvalue weighted by Crippen LogP contribution is -2.44. The quantitative estimate of drug-likeness (QED) is 0.0201. The van der Waals surface area contributed by atoms with Gasteiger partial charge in [0.05, 0.1) is 0 Å². The van der Waals surface area contributed by atoms with Gasteiger partial charge in [0.25, 0.3) is 0 Å². The summed E-state index contributed by atoms with van der Waals surface area (Å²) < 4.78 is 0. The highest BCUT2D eigenvalue weighted by atomic mass is 35.5. The van der Waals surface area contributed by atoms with Crippen LogP contribution in [0.4, 0.5) is 0 Å². The third-order valence-corrected chi connectivity index (χ3v) is 7.76. The lowest BCUT2D eigenvalue weighted by Gasteiger charge is -2.23. The first-order chi connectivity index (χ1) is 22.4. The number of hydroxylamine groups is 3. The number of nitrogens with zero attached hydrogens (tertiary/aromatic N) is 1. The molecule has 0 spiro atoms. The fourth-order valence-electron chi connectivity index (χ4n) is 3.80. The normalized spacial score (nSPS) is 13.4. The van der Waals surface area contributed by atoms with Crippen LogP contribution in [0.5, 0.6) is 0 Å². The molecule has 0 aromatic heterocycles. The number of carbonyl (C=O) groups is 3. The van der Waals surface area contributed by atoms with Gasteiger partial charge in [-0.15, -0.1) is 0 Å². The van der Waals surface area contributed by atoms with Crippen molar-refractivity contribution in [3.63, 3.8) is 0 Å². The van der Waals surface area contributed by atoms with Gasteiger partial charge < -0.3 is 14.5 Å². The van der Waals surface area contributed by atoms with Crippen molar-refractivity contribution in [3.05, 3.63) is 0 Å². The van der Waals surface area contributed by atoms with E-state index in [2.05, 4.69) is 45.5 Å². The molecule has 0 heterocycles. The Kier molecular flexibility index (Phi) is 33.1. The maximum absolute atomic E-state index is 12.3. The lowest BCUT2D eigenvalue weighted by molar-refractivity contribution is -0.153. The summed E-state index contributed by atoms with van der Waals surface area (Å²) in [6.45, 7) is 3.87. The summed E-state index contributed by atoms with van der Waals surface area (Å²) in [6.07, 6.45) is 5.85. The van der Waals surface area contributed by atoms with Gasteiger partial charge >= 0.3 is 17.9 Å². The minimum atomic E-state index is -0.690. The van der Waals surface area contributed by atoms with E-state index in [0.29, 0.717) is 77.8 Å². The van der Waals surface area contributed by atoms with Crippen molar-refractivity contribution >= 4 is 88.6 Å². The zero-order chi connectivity index (χ0) is 34.3. The predicted octanol–water partition coefficient (Wildman–Crippen LogP) is 1.51. The summed E-state index contributed by atoms with van der Waals surface area (Å²) in [7, 11) is 0. The molecule has 46 heavy (non-hydrogen) atoms. The molecule has 0 amide bonds. The van der Waals surface area contributed by atoms with E-state index in [1.165, 1.54) is 0 Å². The average molecular weight is 785 g/mol. The van der Waals surface area contributed by atoms with E-state index in [0.717, 1.165) is 19.3 Å². The fraction of sp³-hybridized carbons (Fsp3) is 0.875. The number of carbonyl (C=O) groups excluding carboxylic acids is 3. The zero-order valence-electron chi connectivity index (χ0n) is 25.6. The smallest absolute Gasteiger partial charge is 0.343 e. The van der Waals surface area contributed by atoms with E-state index in [1.54, 1.807) is 0 Å². The summed E-state index contributed by atoms with van der Waals surface area (Å²) in [4.78, 5) is 69.3. The number of rotatable bonds is 33. The summed E-state index contributed by atoms with van der Waals surface area (Å²) in [6, 6.07) is -2.07. The minimum Gasteiger partial charge on any atom is -0.369 e. The Morgan fingerprint density at radius 3 is 0.978 bits per heavy atom. The number of halogens is 6. The molecule has 0 aliphatic rings. The second-order valence-electron chi connectivity index (χ2n) is 9.91. The first-order valence-electron chi connectivity index (χ1n) is 15.0. The Morgan fingerprint density at radius 1 is 0.457 bits per heavy atom. The summed E-state index contributed by atoms with van der Waals surface area (Å²) >= 11 is 33.5. The van der Waals surface area contributed by atoms with Crippen molar-refractivity contribution < 1.29 is 28.9 Å². The molecular formula is C24H48Cl6N10O6. The van der Waals surface area contributed by atoms with Crippen LogP contribution in [0, 0.1) is 0 Å². The van der Waals surface area contributed by atoms with Crippen molar-refractivity contribution in [2.75, 3.05) is 58.9 Å². The first-order valence-corrected chi connectivity index (χ1v) is 17.3. The van der Waals surface area contributed by atoms with Crippen LogP contribution < -0.4 is 45.5 Å². The van der Waals surface area contributed by atoms with E-state index in [9.17, 15) is 14.4 Å². The van der Waals surface area contributed by atoms with E-state index >= 15 is 0 Å². The number of nitrogens with one attached hydrogen (secondary N) is 9. The van der Waals surface area contributed by atoms with Crippen LogP contribution >= 0.6 is 70.7 Å². The molecule has 272 valence electrons. The standard InChI is InChI=1S/C24H48Cl6N10O6/c25-31-10-4-1-7-19(37-28)22(41)44-34-13-16-40(17-14-35-45-23(42)20(38-29)8-2-5-11-32-26)18-15-36-46-24(43)21(39-30)9-3-6-12-33-27/h19-21,31-39H,1-18H2/t19-,20-,21-/m0/s1. The topological polar surface area (TPSA) is 190 Å².